The second-order valence-corrected chi connectivity index (χ2v) is 6.22. The van der Waals surface area contributed by atoms with Crippen molar-refractivity contribution in [3.8, 4) is 5.75 Å². The molecule has 0 radical (unpaired) electrons. The van der Waals surface area contributed by atoms with Gasteiger partial charge in [-0.3, -0.25) is 4.90 Å². The molecule has 128 valence electrons. The fourth-order valence-corrected chi connectivity index (χ4v) is 3.01. The molecule has 1 aromatic carbocycles. The highest BCUT2D eigenvalue weighted by molar-refractivity contribution is 5.78. The Morgan fingerprint density at radius 2 is 2.12 bits per heavy atom. The Morgan fingerprint density at radius 3 is 2.71 bits per heavy atom. The van der Waals surface area contributed by atoms with Crippen molar-refractivity contribution in [2.24, 2.45) is 0 Å². The van der Waals surface area contributed by atoms with E-state index >= 15 is 0 Å². The van der Waals surface area contributed by atoms with Crippen LogP contribution in [0, 0.1) is 12.7 Å². The summed E-state index contributed by atoms with van der Waals surface area (Å²) in [4.78, 5) is 14.0. The van der Waals surface area contributed by atoms with Crippen LogP contribution >= 0.6 is 0 Å². The van der Waals surface area contributed by atoms with Gasteiger partial charge in [-0.25, -0.2) is 9.18 Å². The number of rotatable bonds is 5. The van der Waals surface area contributed by atoms with E-state index in [2.05, 4.69) is 4.90 Å². The number of halogens is 1. The van der Waals surface area contributed by atoms with Crippen LogP contribution in [-0.4, -0.2) is 34.7 Å². The first-order valence-electron chi connectivity index (χ1n) is 7.90. The Balaban J connectivity index is 1.70. The predicted octanol–water partition coefficient (Wildman–Crippen LogP) is 3.23. The molecule has 0 saturated carbocycles. The molecule has 1 aromatic heterocycles. The number of furan rings is 1. The van der Waals surface area contributed by atoms with E-state index in [1.807, 2.05) is 6.07 Å². The maximum atomic E-state index is 13.2. The van der Waals surface area contributed by atoms with E-state index in [1.165, 1.54) is 18.2 Å². The molecule has 5 nitrogen and oxygen atoms in total. The maximum Gasteiger partial charge on any atom is 0.348 e. The molecule has 0 spiro atoms. The number of likely N-dealkylation sites (tertiary alicyclic amines) is 1. The molecule has 1 saturated heterocycles. The molecule has 0 amide bonds. The Bertz CT molecular complexity index is 706. The highest BCUT2D eigenvalue weighted by Crippen LogP contribution is 2.32. The summed E-state index contributed by atoms with van der Waals surface area (Å²) >= 11 is 0. The topological polar surface area (TPSA) is 62.9 Å². The third-order valence-corrected chi connectivity index (χ3v) is 4.48. The van der Waals surface area contributed by atoms with Gasteiger partial charge in [-0.2, -0.15) is 0 Å². The molecule has 0 bridgehead atoms. The molecule has 6 heteroatoms. The number of carboxylic acids is 1. The third-order valence-electron chi connectivity index (χ3n) is 4.48. The summed E-state index contributed by atoms with van der Waals surface area (Å²) in [5, 5.41) is 9.71. The van der Waals surface area contributed by atoms with E-state index in [0.29, 0.717) is 37.2 Å². The van der Waals surface area contributed by atoms with Crippen molar-refractivity contribution in [2.75, 3.05) is 13.1 Å². The van der Waals surface area contributed by atoms with Crippen LogP contribution in [0.1, 0.15) is 24.0 Å². The monoisotopic (exact) mass is 333 g/mol. The lowest BCUT2D eigenvalue weighted by molar-refractivity contribution is -0.159. The lowest BCUT2D eigenvalue weighted by atomic mass is 9.90. The number of benzene rings is 1. The van der Waals surface area contributed by atoms with E-state index < -0.39 is 11.6 Å². The van der Waals surface area contributed by atoms with Gasteiger partial charge in [0.1, 0.15) is 11.6 Å². The van der Waals surface area contributed by atoms with Gasteiger partial charge < -0.3 is 14.3 Å². The Hall–Kier alpha value is -2.34. The predicted molar refractivity (Wildman–Crippen MR) is 85.4 cm³/mol. The zero-order chi connectivity index (χ0) is 17.2. The molecule has 0 aliphatic carbocycles. The molecule has 1 aliphatic rings. The van der Waals surface area contributed by atoms with Gasteiger partial charge in [-0.15, -0.1) is 0 Å². The summed E-state index contributed by atoms with van der Waals surface area (Å²) in [6, 6.07) is 6.02. The van der Waals surface area contributed by atoms with Crippen molar-refractivity contribution in [1.29, 1.82) is 0 Å². The molecule has 3 rings (SSSR count). The molecule has 1 N–H and O–H groups in total. The van der Waals surface area contributed by atoms with Crippen molar-refractivity contribution in [2.45, 2.75) is 31.9 Å². The summed E-state index contributed by atoms with van der Waals surface area (Å²) in [6.07, 6.45) is 4.06. The zero-order valence-electron chi connectivity index (χ0n) is 13.5. The van der Waals surface area contributed by atoms with Gasteiger partial charge in [0.25, 0.3) is 0 Å². The number of carboxylic acid groups (broad SMARTS) is 1. The maximum absolute atomic E-state index is 13.2. The number of piperidine rings is 1. The van der Waals surface area contributed by atoms with Crippen molar-refractivity contribution in [3.63, 3.8) is 0 Å². The number of carbonyl (C=O) groups is 1. The fourth-order valence-electron chi connectivity index (χ4n) is 3.01. The average molecular weight is 333 g/mol. The van der Waals surface area contributed by atoms with Gasteiger partial charge in [0.2, 0.25) is 5.60 Å². The minimum Gasteiger partial charge on any atom is -0.478 e. The van der Waals surface area contributed by atoms with Crippen LogP contribution in [0.25, 0.3) is 0 Å². The molecule has 0 unspecified atom stereocenters. The minimum atomic E-state index is -1.27. The molecular formula is C18H20FNO4. The number of aryl methyl sites for hydroxylation is 1. The van der Waals surface area contributed by atoms with Crippen molar-refractivity contribution in [1.82, 2.24) is 4.90 Å². The van der Waals surface area contributed by atoms with E-state index in [1.54, 1.807) is 19.5 Å². The highest BCUT2D eigenvalue weighted by atomic mass is 19.1. The van der Waals surface area contributed by atoms with Crippen LogP contribution in [0.3, 0.4) is 0 Å². The van der Waals surface area contributed by atoms with E-state index in [0.717, 1.165) is 12.1 Å². The molecule has 0 atom stereocenters. The number of aliphatic carboxylic acids is 1. The fraction of sp³-hybridized carbons (Fsp3) is 0.389. The first-order valence-corrected chi connectivity index (χ1v) is 7.90. The quantitative estimate of drug-likeness (QED) is 0.910. The van der Waals surface area contributed by atoms with Crippen molar-refractivity contribution < 1.29 is 23.4 Å². The number of ether oxygens (including phenoxy) is 1. The molecule has 1 fully saturated rings. The second kappa shape index (κ2) is 6.65. The molecule has 2 aromatic rings. The second-order valence-electron chi connectivity index (χ2n) is 6.22. The van der Waals surface area contributed by atoms with Crippen molar-refractivity contribution >= 4 is 5.97 Å². The standard InChI is InChI=1S/C18H20FNO4/c1-13-10-15(19)2-3-16(13)24-18(17(21)22)5-7-20(8-6-18)11-14-4-9-23-12-14/h2-4,9-10,12H,5-8,11H2,1H3,(H,21,22). The largest absolute Gasteiger partial charge is 0.478 e. The summed E-state index contributed by atoms with van der Waals surface area (Å²) in [7, 11) is 0. The van der Waals surface area contributed by atoms with Gasteiger partial charge in [0.05, 0.1) is 12.5 Å². The van der Waals surface area contributed by atoms with Crippen LogP contribution in [0.2, 0.25) is 0 Å². The number of hydrogen-bond acceptors (Lipinski definition) is 4. The average Bonchev–Trinajstić information content (AvgIpc) is 3.05. The molecule has 2 heterocycles. The number of hydrogen-bond donors (Lipinski definition) is 1. The first kappa shape index (κ1) is 16.5. The van der Waals surface area contributed by atoms with Gasteiger partial charge in [-0.1, -0.05) is 0 Å². The number of nitrogens with zero attached hydrogens (tertiary/aromatic N) is 1. The molecule has 24 heavy (non-hydrogen) atoms. The highest BCUT2D eigenvalue weighted by Gasteiger charge is 2.44. The smallest absolute Gasteiger partial charge is 0.348 e. The molecule has 1 aliphatic heterocycles. The van der Waals surface area contributed by atoms with Crippen LogP contribution in [0.5, 0.6) is 5.75 Å². The Morgan fingerprint density at radius 1 is 1.38 bits per heavy atom. The lowest BCUT2D eigenvalue weighted by Gasteiger charge is -2.39. The summed E-state index contributed by atoms with van der Waals surface area (Å²) in [6.45, 7) is 3.65. The summed E-state index contributed by atoms with van der Waals surface area (Å²) < 4.78 is 24.1. The van der Waals surface area contributed by atoms with Crippen LogP contribution in [-0.2, 0) is 11.3 Å². The Kier molecular flexibility index (Phi) is 4.57. The van der Waals surface area contributed by atoms with Crippen molar-refractivity contribution in [3.05, 3.63) is 53.7 Å². The van der Waals surface area contributed by atoms with E-state index in [4.69, 9.17) is 9.15 Å². The van der Waals surface area contributed by atoms with Gasteiger partial charge in [0, 0.05) is 38.0 Å². The SMILES string of the molecule is Cc1cc(F)ccc1OC1(C(=O)O)CCN(Cc2ccoc2)CC1. The summed E-state index contributed by atoms with van der Waals surface area (Å²) in [5.74, 6) is -0.921. The van der Waals surface area contributed by atoms with Gasteiger partial charge in [-0.05, 0) is 36.8 Å². The van der Waals surface area contributed by atoms with Gasteiger partial charge >= 0.3 is 5.97 Å². The lowest BCUT2D eigenvalue weighted by Crippen LogP contribution is -2.53. The summed E-state index contributed by atoms with van der Waals surface area (Å²) in [5.41, 5.74) is 0.389. The third kappa shape index (κ3) is 3.43. The first-order chi connectivity index (χ1) is 11.5. The zero-order valence-corrected chi connectivity index (χ0v) is 13.5. The van der Waals surface area contributed by atoms with Gasteiger partial charge in [0.15, 0.2) is 0 Å². The van der Waals surface area contributed by atoms with Crippen LogP contribution in [0.4, 0.5) is 4.39 Å². The Labute approximate surface area is 139 Å². The molecular weight excluding hydrogens is 313 g/mol. The van der Waals surface area contributed by atoms with Crippen LogP contribution < -0.4 is 4.74 Å². The van der Waals surface area contributed by atoms with E-state index in [9.17, 15) is 14.3 Å². The van der Waals surface area contributed by atoms with E-state index in [-0.39, 0.29) is 5.82 Å². The minimum absolute atomic E-state index is 0.362. The normalized spacial score (nSPS) is 17.6. The van der Waals surface area contributed by atoms with Crippen LogP contribution in [0.15, 0.2) is 41.2 Å².